The van der Waals surface area contributed by atoms with Crippen LogP contribution >= 0.6 is 23.1 Å². The maximum atomic E-state index is 12.3. The summed E-state index contributed by atoms with van der Waals surface area (Å²) in [6.45, 7) is 4.03. The first-order chi connectivity index (χ1) is 10.7. The molecule has 1 N–H and O–H groups in total. The summed E-state index contributed by atoms with van der Waals surface area (Å²) in [5.41, 5.74) is 0. The summed E-state index contributed by atoms with van der Waals surface area (Å²) in [4.78, 5) is 12.3. The van der Waals surface area contributed by atoms with Crippen LogP contribution in [0, 0.1) is 0 Å². The average Bonchev–Trinajstić information content (AvgIpc) is 2.98. The van der Waals surface area contributed by atoms with Crippen LogP contribution in [0.1, 0.15) is 26.7 Å². The van der Waals surface area contributed by atoms with Gasteiger partial charge in [0.2, 0.25) is 5.13 Å². The Kier molecular flexibility index (Phi) is 6.67. The Bertz CT molecular complexity index is 589. The molecule has 0 saturated carbocycles. The van der Waals surface area contributed by atoms with Crippen LogP contribution in [0.2, 0.25) is 0 Å². The maximum absolute atomic E-state index is 12.3. The van der Waals surface area contributed by atoms with Crippen molar-refractivity contribution in [3.8, 4) is 5.75 Å². The Morgan fingerprint density at radius 3 is 2.77 bits per heavy atom. The van der Waals surface area contributed by atoms with E-state index in [1.165, 1.54) is 11.3 Å². The van der Waals surface area contributed by atoms with Gasteiger partial charge in [-0.25, -0.2) is 0 Å². The van der Waals surface area contributed by atoms with Crippen LogP contribution in [0.25, 0.3) is 0 Å². The summed E-state index contributed by atoms with van der Waals surface area (Å²) in [6, 6.07) is 9.33. The van der Waals surface area contributed by atoms with Crippen LogP contribution in [-0.2, 0) is 4.79 Å². The molecule has 0 saturated heterocycles. The van der Waals surface area contributed by atoms with E-state index in [4.69, 9.17) is 4.74 Å². The van der Waals surface area contributed by atoms with E-state index in [1.807, 2.05) is 37.3 Å². The van der Waals surface area contributed by atoms with Crippen molar-refractivity contribution in [2.24, 2.45) is 0 Å². The first kappa shape index (κ1) is 16.8. The minimum Gasteiger partial charge on any atom is -0.481 e. The van der Waals surface area contributed by atoms with Crippen LogP contribution in [0.4, 0.5) is 5.13 Å². The molecule has 0 aliphatic carbocycles. The Labute approximate surface area is 138 Å². The minimum atomic E-state index is -0.543. The Balaban J connectivity index is 1.93. The van der Waals surface area contributed by atoms with Gasteiger partial charge >= 0.3 is 0 Å². The molecule has 0 aliphatic rings. The maximum Gasteiger partial charge on any atom is 0.267 e. The van der Waals surface area contributed by atoms with E-state index in [2.05, 4.69) is 22.4 Å². The number of benzene rings is 1. The van der Waals surface area contributed by atoms with E-state index in [1.54, 1.807) is 11.8 Å². The van der Waals surface area contributed by atoms with Crippen LogP contribution in [-0.4, -0.2) is 28.0 Å². The lowest BCUT2D eigenvalue weighted by Gasteiger charge is -2.16. The number of rotatable bonds is 8. The summed E-state index contributed by atoms with van der Waals surface area (Å²) < 4.78 is 6.58. The number of thioether (sulfide) groups is 1. The lowest BCUT2D eigenvalue weighted by molar-refractivity contribution is -0.122. The van der Waals surface area contributed by atoms with Crippen molar-refractivity contribution >= 4 is 34.1 Å². The van der Waals surface area contributed by atoms with Crippen molar-refractivity contribution in [2.45, 2.75) is 37.1 Å². The molecule has 2 rings (SSSR count). The number of hydrogen-bond acceptors (Lipinski definition) is 6. The Morgan fingerprint density at radius 1 is 1.32 bits per heavy atom. The monoisotopic (exact) mass is 337 g/mol. The van der Waals surface area contributed by atoms with Crippen LogP contribution in [0.3, 0.4) is 0 Å². The fourth-order valence-corrected chi connectivity index (χ4v) is 3.36. The molecule has 0 spiro atoms. The second-order valence-electron chi connectivity index (χ2n) is 4.54. The van der Waals surface area contributed by atoms with Gasteiger partial charge in [0.25, 0.3) is 5.91 Å². The molecule has 0 radical (unpaired) electrons. The molecule has 118 valence electrons. The van der Waals surface area contributed by atoms with Gasteiger partial charge in [-0.05, 0) is 25.0 Å². The fraction of sp³-hybridized carbons (Fsp3) is 0.400. The molecule has 0 fully saturated rings. The molecular formula is C15H19N3O2S2. The average molecular weight is 337 g/mol. The second-order valence-corrected chi connectivity index (χ2v) is 6.86. The van der Waals surface area contributed by atoms with Crippen molar-refractivity contribution in [1.82, 2.24) is 10.2 Å². The molecule has 0 unspecified atom stereocenters. The number of anilines is 1. The van der Waals surface area contributed by atoms with E-state index in [9.17, 15) is 4.79 Å². The Morgan fingerprint density at radius 2 is 2.09 bits per heavy atom. The van der Waals surface area contributed by atoms with Crippen molar-refractivity contribution < 1.29 is 9.53 Å². The highest BCUT2D eigenvalue weighted by Crippen LogP contribution is 2.26. The van der Waals surface area contributed by atoms with Crippen molar-refractivity contribution in [2.75, 3.05) is 11.1 Å². The number of nitrogens with zero attached hydrogens (tertiary/aromatic N) is 2. The molecule has 1 aromatic heterocycles. The van der Waals surface area contributed by atoms with Crippen LogP contribution < -0.4 is 10.1 Å². The number of ether oxygens (including phenoxy) is 1. The van der Waals surface area contributed by atoms with E-state index in [0.717, 1.165) is 16.5 Å². The topological polar surface area (TPSA) is 64.1 Å². The fourth-order valence-electron chi connectivity index (χ4n) is 1.68. The number of nitrogens with one attached hydrogen (secondary N) is 1. The molecule has 7 heteroatoms. The lowest BCUT2D eigenvalue weighted by Crippen LogP contribution is -2.32. The molecule has 22 heavy (non-hydrogen) atoms. The second kappa shape index (κ2) is 8.75. The molecule has 1 atom stereocenters. The largest absolute Gasteiger partial charge is 0.481 e. The van der Waals surface area contributed by atoms with Crippen molar-refractivity contribution in [3.05, 3.63) is 30.3 Å². The molecule has 1 aromatic carbocycles. The predicted octanol–water partition coefficient (Wildman–Crippen LogP) is 3.84. The number of amides is 1. The van der Waals surface area contributed by atoms with Gasteiger partial charge in [0, 0.05) is 5.75 Å². The third-order valence-corrected chi connectivity index (χ3v) is 4.93. The zero-order valence-electron chi connectivity index (χ0n) is 12.6. The molecular weight excluding hydrogens is 318 g/mol. The summed E-state index contributed by atoms with van der Waals surface area (Å²) in [5, 5.41) is 11.3. The molecule has 0 aliphatic heterocycles. The smallest absolute Gasteiger partial charge is 0.267 e. The number of carbonyl (C=O) groups is 1. The van der Waals surface area contributed by atoms with E-state index in [0.29, 0.717) is 17.3 Å². The van der Waals surface area contributed by atoms with Gasteiger partial charge < -0.3 is 4.74 Å². The molecule has 2 aromatic rings. The zero-order chi connectivity index (χ0) is 15.8. The van der Waals surface area contributed by atoms with E-state index in [-0.39, 0.29) is 5.91 Å². The third-order valence-electron chi connectivity index (χ3n) is 2.75. The van der Waals surface area contributed by atoms with Gasteiger partial charge in [-0.1, -0.05) is 55.1 Å². The number of hydrogen-bond donors (Lipinski definition) is 1. The quantitative estimate of drug-likeness (QED) is 0.586. The first-order valence-electron chi connectivity index (χ1n) is 7.21. The molecule has 1 heterocycles. The highest BCUT2D eigenvalue weighted by molar-refractivity contribution is 8.01. The molecule has 1 amide bonds. The lowest BCUT2D eigenvalue weighted by atomic mass is 10.2. The standard InChI is InChI=1S/C15H19N3O2S2/c1-3-10-21-15-18-17-14(22-15)16-13(19)12(4-2)20-11-8-6-5-7-9-11/h5-9,12H,3-4,10H2,1-2H3,(H,16,17,19)/t12-/m0/s1. The van der Waals surface area contributed by atoms with E-state index >= 15 is 0 Å². The third kappa shape index (κ3) is 4.99. The Hall–Kier alpha value is -1.60. The SMILES string of the molecule is CCCSc1nnc(NC(=O)[C@H](CC)Oc2ccccc2)s1. The zero-order valence-corrected chi connectivity index (χ0v) is 14.2. The summed E-state index contributed by atoms with van der Waals surface area (Å²) in [5.74, 6) is 1.48. The van der Waals surface area contributed by atoms with Crippen LogP contribution in [0.15, 0.2) is 34.7 Å². The van der Waals surface area contributed by atoms with Gasteiger partial charge in [0.1, 0.15) is 5.75 Å². The molecule has 0 bridgehead atoms. The van der Waals surface area contributed by atoms with Gasteiger partial charge in [-0.15, -0.1) is 10.2 Å². The normalized spacial score (nSPS) is 11.9. The number of aromatic nitrogens is 2. The van der Waals surface area contributed by atoms with Gasteiger partial charge in [0.05, 0.1) is 0 Å². The van der Waals surface area contributed by atoms with Gasteiger partial charge in [0.15, 0.2) is 10.4 Å². The van der Waals surface area contributed by atoms with E-state index < -0.39 is 6.10 Å². The summed E-state index contributed by atoms with van der Waals surface area (Å²) in [7, 11) is 0. The molecule has 5 nitrogen and oxygen atoms in total. The van der Waals surface area contributed by atoms with Gasteiger partial charge in [-0.2, -0.15) is 0 Å². The highest BCUT2D eigenvalue weighted by Gasteiger charge is 2.20. The minimum absolute atomic E-state index is 0.199. The highest BCUT2D eigenvalue weighted by atomic mass is 32.2. The van der Waals surface area contributed by atoms with Crippen molar-refractivity contribution in [1.29, 1.82) is 0 Å². The van der Waals surface area contributed by atoms with Crippen LogP contribution in [0.5, 0.6) is 5.75 Å². The summed E-state index contributed by atoms with van der Waals surface area (Å²) in [6.07, 6.45) is 1.11. The summed E-state index contributed by atoms with van der Waals surface area (Å²) >= 11 is 3.04. The van der Waals surface area contributed by atoms with Gasteiger partial charge in [-0.3, -0.25) is 10.1 Å². The first-order valence-corrected chi connectivity index (χ1v) is 9.02. The van der Waals surface area contributed by atoms with Crippen molar-refractivity contribution in [3.63, 3.8) is 0 Å². The number of carbonyl (C=O) groups excluding carboxylic acids is 1. The predicted molar refractivity (Wildman–Crippen MR) is 90.7 cm³/mol. The number of para-hydroxylation sites is 1.